The molecule has 0 saturated carbocycles. The molecule has 35 heavy (non-hydrogen) atoms. The predicted molar refractivity (Wildman–Crippen MR) is 142 cm³/mol. The molecule has 0 fully saturated rings. The van der Waals surface area contributed by atoms with Gasteiger partial charge in [0, 0.05) is 5.39 Å². The van der Waals surface area contributed by atoms with Crippen LogP contribution in [0.3, 0.4) is 0 Å². The number of rotatable bonds is 11. The van der Waals surface area contributed by atoms with Crippen molar-refractivity contribution in [2.75, 3.05) is 38.2 Å². The van der Waals surface area contributed by atoms with Crippen LogP contribution in [0, 0.1) is 5.41 Å². The molecule has 188 valence electrons. The number of nitrogens with zero attached hydrogens (tertiary/aromatic N) is 2. The summed E-state index contributed by atoms with van der Waals surface area (Å²) in [6, 6.07) is 12.8. The Morgan fingerprint density at radius 1 is 1.09 bits per heavy atom. The average molecular weight is 501 g/mol. The van der Waals surface area contributed by atoms with Crippen molar-refractivity contribution in [3.8, 4) is 5.75 Å². The summed E-state index contributed by atoms with van der Waals surface area (Å²) >= 11 is 5.54. The molecule has 0 saturated heterocycles. The van der Waals surface area contributed by atoms with Crippen LogP contribution in [-0.2, 0) is 6.42 Å². The Labute approximate surface area is 210 Å². The van der Waals surface area contributed by atoms with E-state index in [9.17, 15) is 4.79 Å². The monoisotopic (exact) mass is 500 g/mol. The van der Waals surface area contributed by atoms with E-state index in [1.807, 2.05) is 7.05 Å². The Kier molecular flexibility index (Phi) is 11.7. The Morgan fingerprint density at radius 3 is 2.51 bits per heavy atom. The van der Waals surface area contributed by atoms with Crippen LogP contribution in [0.2, 0.25) is 5.15 Å². The summed E-state index contributed by atoms with van der Waals surface area (Å²) in [5, 5.41) is 14.3. The second-order valence-electron chi connectivity index (χ2n) is 7.57. The van der Waals surface area contributed by atoms with Gasteiger partial charge in [-0.25, -0.2) is 9.97 Å². The van der Waals surface area contributed by atoms with E-state index in [-0.39, 0.29) is 22.5 Å². The van der Waals surface area contributed by atoms with Gasteiger partial charge in [0.25, 0.3) is 5.91 Å². The lowest BCUT2D eigenvalue weighted by Crippen LogP contribution is -2.24. The van der Waals surface area contributed by atoms with Crippen molar-refractivity contribution in [1.29, 1.82) is 5.41 Å². The minimum absolute atomic E-state index is 0.0458. The summed E-state index contributed by atoms with van der Waals surface area (Å²) in [5.41, 5.74) is 17.4. The molecule has 2 aromatic carbocycles. The molecular formula is C24H33ClN8O2. The Hall–Kier alpha value is -3.47. The third-order valence-corrected chi connectivity index (χ3v) is 5.30. The molecule has 3 aromatic rings. The first-order valence-corrected chi connectivity index (χ1v) is 11.7. The number of aromatic nitrogens is 2. The smallest absolute Gasteiger partial charge is 0.278 e. The molecule has 11 heteroatoms. The molecule has 0 unspecified atom stereocenters. The Balaban J connectivity index is 0.000000269. The Morgan fingerprint density at radius 2 is 1.83 bits per heavy atom. The minimum Gasteiger partial charge on any atom is -0.493 e. The number of nitrogens with two attached hydrogens (primary N) is 3. The molecule has 0 spiro atoms. The number of halogens is 1. The van der Waals surface area contributed by atoms with Crippen LogP contribution in [0.25, 0.3) is 10.8 Å². The van der Waals surface area contributed by atoms with Gasteiger partial charge in [0.15, 0.2) is 22.5 Å². The van der Waals surface area contributed by atoms with E-state index in [0.29, 0.717) is 19.5 Å². The molecule has 1 amide bonds. The molecule has 1 aromatic heterocycles. The molecule has 0 atom stereocenters. The molecule has 0 radical (unpaired) electrons. The number of hydrogen-bond donors (Lipinski definition) is 6. The molecular weight excluding hydrogens is 468 g/mol. The maximum absolute atomic E-state index is 11.2. The minimum atomic E-state index is -0.660. The van der Waals surface area contributed by atoms with Crippen molar-refractivity contribution < 1.29 is 9.53 Å². The number of carbonyl (C=O) groups is 1. The van der Waals surface area contributed by atoms with Gasteiger partial charge in [0.1, 0.15) is 5.75 Å². The first kappa shape index (κ1) is 27.8. The van der Waals surface area contributed by atoms with Crippen LogP contribution in [0.4, 0.5) is 11.6 Å². The number of fused-ring (bicyclic) bond motifs is 1. The average Bonchev–Trinajstić information content (AvgIpc) is 2.85. The van der Waals surface area contributed by atoms with Gasteiger partial charge in [-0.1, -0.05) is 41.9 Å². The van der Waals surface area contributed by atoms with E-state index in [4.69, 9.17) is 38.9 Å². The van der Waals surface area contributed by atoms with Crippen molar-refractivity contribution in [3.05, 3.63) is 52.8 Å². The number of hydrogen-bond acceptors (Lipinski definition) is 9. The fourth-order valence-corrected chi connectivity index (χ4v) is 3.43. The molecule has 1 heterocycles. The lowest BCUT2D eigenvalue weighted by Gasteiger charge is -2.12. The van der Waals surface area contributed by atoms with Gasteiger partial charge in [-0.3, -0.25) is 10.2 Å². The van der Waals surface area contributed by atoms with Crippen LogP contribution in [0.15, 0.2) is 36.4 Å². The zero-order valence-corrected chi connectivity index (χ0v) is 20.6. The number of anilines is 2. The van der Waals surface area contributed by atoms with Crippen LogP contribution < -0.4 is 32.6 Å². The van der Waals surface area contributed by atoms with Crippen molar-refractivity contribution in [3.63, 3.8) is 0 Å². The van der Waals surface area contributed by atoms with E-state index in [1.165, 1.54) is 29.2 Å². The largest absolute Gasteiger partial charge is 0.493 e. The van der Waals surface area contributed by atoms with Crippen molar-refractivity contribution in [1.82, 2.24) is 20.6 Å². The van der Waals surface area contributed by atoms with E-state index < -0.39 is 5.91 Å². The third kappa shape index (κ3) is 8.36. The Bertz CT molecular complexity index is 1130. The van der Waals surface area contributed by atoms with Gasteiger partial charge in [0.2, 0.25) is 0 Å². The molecule has 3 rings (SSSR count). The van der Waals surface area contributed by atoms with Crippen molar-refractivity contribution in [2.24, 2.45) is 5.73 Å². The van der Waals surface area contributed by atoms with Gasteiger partial charge < -0.3 is 32.6 Å². The summed E-state index contributed by atoms with van der Waals surface area (Å²) in [4.78, 5) is 18.4. The highest BCUT2D eigenvalue weighted by molar-refractivity contribution is 6.31. The van der Waals surface area contributed by atoms with Crippen LogP contribution in [-0.4, -0.2) is 49.0 Å². The molecule has 10 nitrogen and oxygen atoms in total. The van der Waals surface area contributed by atoms with Crippen molar-refractivity contribution >= 4 is 46.3 Å². The maximum atomic E-state index is 11.2. The van der Waals surface area contributed by atoms with Gasteiger partial charge in [0.05, 0.1) is 12.9 Å². The van der Waals surface area contributed by atoms with Gasteiger partial charge in [-0.2, -0.15) is 0 Å². The van der Waals surface area contributed by atoms with Crippen LogP contribution >= 0.6 is 11.6 Å². The van der Waals surface area contributed by atoms with Gasteiger partial charge in [-0.15, -0.1) is 0 Å². The summed E-state index contributed by atoms with van der Waals surface area (Å²) in [6.45, 7) is 2.43. The predicted octanol–water partition coefficient (Wildman–Crippen LogP) is 2.74. The van der Waals surface area contributed by atoms with Crippen LogP contribution in [0.1, 0.15) is 35.3 Å². The van der Waals surface area contributed by atoms with E-state index in [1.54, 1.807) is 0 Å². The molecule has 0 bridgehead atoms. The van der Waals surface area contributed by atoms with E-state index in [0.717, 1.165) is 25.1 Å². The fraction of sp³-hybridized carbons (Fsp3) is 0.333. The highest BCUT2D eigenvalue weighted by Crippen LogP contribution is 2.29. The lowest BCUT2D eigenvalue weighted by molar-refractivity contribution is 0.0974. The quantitative estimate of drug-likeness (QED) is 0.132. The number of carbonyl (C=O) groups excluding carboxylic acids is 1. The second-order valence-corrected chi connectivity index (χ2v) is 7.93. The summed E-state index contributed by atoms with van der Waals surface area (Å²) in [5.74, 6) is 0.131. The molecule has 0 aliphatic rings. The fourth-order valence-electron chi connectivity index (χ4n) is 3.30. The number of ether oxygens (including phenoxy) is 1. The number of aryl methyl sites for hydroxylation is 1. The molecule has 0 aliphatic heterocycles. The van der Waals surface area contributed by atoms with Gasteiger partial charge >= 0.3 is 0 Å². The summed E-state index contributed by atoms with van der Waals surface area (Å²) < 4.78 is 5.87. The lowest BCUT2D eigenvalue weighted by atomic mass is 9.99. The number of unbranched alkanes of at least 4 members (excludes halogenated alkanes) is 1. The van der Waals surface area contributed by atoms with Gasteiger partial charge in [-0.05, 0) is 62.8 Å². The summed E-state index contributed by atoms with van der Waals surface area (Å²) in [7, 11) is 2.00. The highest BCUT2D eigenvalue weighted by atomic mass is 35.5. The first-order chi connectivity index (χ1) is 16.9. The normalized spacial score (nSPS) is 10.4. The van der Waals surface area contributed by atoms with Crippen LogP contribution in [0.5, 0.6) is 5.75 Å². The highest BCUT2D eigenvalue weighted by Gasteiger charge is 2.14. The standard InChI is InChI=1S/C18H26N2O.C6H7ClN6O/c1-20-13-5-4-7-15-10-11-18(21-14-6-12-19)17-9-3-2-8-16(15)17;7-3-5(10)13-4(9)2(12-3)6(14)11-1-8/h2-3,8-11,20H,4-7,12-14,19H2,1H3;1H,(H2,8,11,14)(H4,9,10,13). The zero-order valence-electron chi connectivity index (χ0n) is 19.8. The number of amides is 1. The van der Waals surface area contributed by atoms with E-state index >= 15 is 0 Å². The molecule has 9 N–H and O–H groups in total. The SMILES string of the molecule is CNCCCCc1ccc(OCCCN)c2ccccc12.N=CNC(=O)c1nc(Cl)c(N)nc1N. The zero-order chi connectivity index (χ0) is 25.6. The topological polar surface area (TPSA) is 178 Å². The summed E-state index contributed by atoms with van der Waals surface area (Å²) in [6.07, 6.45) is 5.12. The molecule has 0 aliphatic carbocycles. The second kappa shape index (κ2) is 14.7. The third-order valence-electron chi connectivity index (χ3n) is 5.03. The number of nitrogens with one attached hydrogen (secondary N) is 3. The first-order valence-electron chi connectivity index (χ1n) is 11.3. The number of nitrogen functional groups attached to an aromatic ring is 2. The maximum Gasteiger partial charge on any atom is 0.278 e. The van der Waals surface area contributed by atoms with Crippen molar-refractivity contribution in [2.45, 2.75) is 25.7 Å². The number of benzene rings is 2. The van der Waals surface area contributed by atoms with E-state index in [2.05, 4.69) is 57.0 Å².